The van der Waals surface area contributed by atoms with Gasteiger partial charge in [0.2, 0.25) is 11.8 Å². The number of para-hydroxylation sites is 1. The predicted molar refractivity (Wildman–Crippen MR) is 195 cm³/mol. The maximum atomic E-state index is 14.7. The zero-order valence-electron chi connectivity index (χ0n) is 29.9. The first kappa shape index (κ1) is 35.8. The van der Waals surface area contributed by atoms with E-state index in [1.165, 1.54) is 6.42 Å². The van der Waals surface area contributed by atoms with Gasteiger partial charge in [-0.05, 0) is 58.0 Å². The van der Waals surface area contributed by atoms with Crippen molar-refractivity contribution in [3.05, 3.63) is 52.9 Å². The number of nitrogens with zero attached hydrogens (tertiary/aromatic N) is 6. The van der Waals surface area contributed by atoms with Gasteiger partial charge in [-0.2, -0.15) is 0 Å². The summed E-state index contributed by atoms with van der Waals surface area (Å²) in [5.41, 5.74) is 2.53. The van der Waals surface area contributed by atoms with Crippen molar-refractivity contribution in [3.8, 4) is 10.6 Å². The van der Waals surface area contributed by atoms with Crippen LogP contribution in [0.15, 0.2) is 41.8 Å². The predicted octanol–water partition coefficient (Wildman–Crippen LogP) is 5.48. The molecule has 4 amide bonds. The first-order valence-electron chi connectivity index (χ1n) is 18.0. The number of fused-ring (bicyclic) bond motifs is 1. The summed E-state index contributed by atoms with van der Waals surface area (Å²) in [6, 6.07) is 12.1. The maximum absolute atomic E-state index is 14.7. The Morgan fingerprint density at radius 2 is 1.66 bits per heavy atom. The van der Waals surface area contributed by atoms with Crippen LogP contribution in [0.1, 0.15) is 75.7 Å². The van der Waals surface area contributed by atoms with Gasteiger partial charge in [0.25, 0.3) is 5.91 Å². The van der Waals surface area contributed by atoms with Gasteiger partial charge >= 0.3 is 6.09 Å². The molecule has 6 rings (SSSR count). The van der Waals surface area contributed by atoms with E-state index in [2.05, 4.69) is 16.7 Å². The molecule has 3 aromatic rings. The van der Waals surface area contributed by atoms with Crippen molar-refractivity contribution >= 4 is 46.1 Å². The average molecular weight is 703 g/mol. The van der Waals surface area contributed by atoms with Crippen LogP contribution in [-0.4, -0.2) is 124 Å². The Kier molecular flexibility index (Phi) is 11.1. The van der Waals surface area contributed by atoms with E-state index in [9.17, 15) is 19.2 Å². The Bertz CT molecular complexity index is 1690. The van der Waals surface area contributed by atoms with Gasteiger partial charge in [-0.25, -0.2) is 9.78 Å². The van der Waals surface area contributed by atoms with Crippen LogP contribution in [0, 0.1) is 0 Å². The molecule has 0 radical (unpaired) electrons. The smallest absolute Gasteiger partial charge is 0.410 e. The molecule has 1 aliphatic carbocycles. The minimum absolute atomic E-state index is 0.00761. The molecular weight excluding hydrogens is 653 g/mol. The first-order valence-corrected chi connectivity index (χ1v) is 18.9. The maximum Gasteiger partial charge on any atom is 0.410 e. The van der Waals surface area contributed by atoms with Crippen molar-refractivity contribution in [2.75, 3.05) is 58.9 Å². The highest BCUT2D eigenvalue weighted by Crippen LogP contribution is 2.36. The highest BCUT2D eigenvalue weighted by Gasteiger charge is 2.34. The van der Waals surface area contributed by atoms with E-state index in [1.54, 1.807) is 26.0 Å². The number of ether oxygens (including phenoxy) is 1. The van der Waals surface area contributed by atoms with Crippen LogP contribution in [0.2, 0.25) is 0 Å². The second kappa shape index (κ2) is 15.5. The summed E-state index contributed by atoms with van der Waals surface area (Å²) in [6.45, 7) is 11.3. The third-order valence-electron chi connectivity index (χ3n) is 9.97. The second-order valence-electron chi connectivity index (χ2n) is 14.6. The fraction of sp³-hybridized carbons (Fsp3) is 0.553. The minimum Gasteiger partial charge on any atom is -0.444 e. The molecule has 2 saturated heterocycles. The van der Waals surface area contributed by atoms with Crippen LogP contribution in [0.3, 0.4) is 0 Å². The number of benzene rings is 1. The number of piperazine rings is 2. The number of thiophene rings is 1. The molecule has 0 N–H and O–H groups in total. The molecule has 2 aliphatic heterocycles. The summed E-state index contributed by atoms with van der Waals surface area (Å²) in [5.74, 6) is -0.202. The molecule has 0 bridgehead atoms. The van der Waals surface area contributed by atoms with Crippen molar-refractivity contribution in [2.45, 2.75) is 78.0 Å². The van der Waals surface area contributed by atoms with Gasteiger partial charge in [-0.15, -0.1) is 11.3 Å². The molecule has 0 spiro atoms. The Labute approximate surface area is 299 Å². The summed E-state index contributed by atoms with van der Waals surface area (Å²) < 4.78 is 5.48. The number of carbonyl (C=O) groups is 4. The number of pyridine rings is 1. The van der Waals surface area contributed by atoms with Crippen molar-refractivity contribution < 1.29 is 23.9 Å². The van der Waals surface area contributed by atoms with E-state index in [4.69, 9.17) is 9.72 Å². The Morgan fingerprint density at radius 1 is 0.940 bits per heavy atom. The summed E-state index contributed by atoms with van der Waals surface area (Å²) in [5, 5.41) is 2.86. The van der Waals surface area contributed by atoms with E-state index in [0.717, 1.165) is 52.7 Å². The van der Waals surface area contributed by atoms with E-state index in [0.29, 0.717) is 57.9 Å². The zero-order chi connectivity index (χ0) is 35.4. The van der Waals surface area contributed by atoms with Gasteiger partial charge in [-0.3, -0.25) is 19.3 Å². The Hall–Kier alpha value is -4.03. The largest absolute Gasteiger partial charge is 0.444 e. The van der Waals surface area contributed by atoms with Crippen LogP contribution in [-0.2, 0) is 20.9 Å². The third-order valence-corrected chi connectivity index (χ3v) is 10.8. The fourth-order valence-corrected chi connectivity index (χ4v) is 8.12. The quantitative estimate of drug-likeness (QED) is 0.306. The Morgan fingerprint density at radius 3 is 2.32 bits per heavy atom. The van der Waals surface area contributed by atoms with Crippen LogP contribution in [0.5, 0.6) is 0 Å². The molecule has 2 aromatic heterocycles. The molecule has 3 fully saturated rings. The number of rotatable bonds is 8. The highest BCUT2D eigenvalue weighted by atomic mass is 32.1. The summed E-state index contributed by atoms with van der Waals surface area (Å²) in [7, 11) is 0. The second-order valence-corrected chi connectivity index (χ2v) is 15.5. The molecule has 11 nitrogen and oxygen atoms in total. The van der Waals surface area contributed by atoms with Crippen LogP contribution >= 0.6 is 11.3 Å². The molecule has 12 heteroatoms. The molecule has 50 heavy (non-hydrogen) atoms. The highest BCUT2D eigenvalue weighted by molar-refractivity contribution is 7.13. The van der Waals surface area contributed by atoms with Gasteiger partial charge in [0, 0.05) is 69.3 Å². The van der Waals surface area contributed by atoms with Crippen molar-refractivity contribution in [3.63, 3.8) is 0 Å². The molecular formula is C38H50N6O5S. The normalized spacial score (nSPS) is 18.1. The number of hydrogen-bond acceptors (Lipinski definition) is 8. The molecule has 0 unspecified atom stereocenters. The van der Waals surface area contributed by atoms with Crippen molar-refractivity contribution in [1.29, 1.82) is 0 Å². The first-order chi connectivity index (χ1) is 24.0. The van der Waals surface area contributed by atoms with Gasteiger partial charge in [0.1, 0.15) is 5.60 Å². The lowest BCUT2D eigenvalue weighted by molar-refractivity contribution is -0.144. The van der Waals surface area contributed by atoms with Crippen LogP contribution in [0.25, 0.3) is 21.5 Å². The fourth-order valence-electron chi connectivity index (χ4n) is 7.38. The number of hydrogen-bond donors (Lipinski definition) is 0. The molecule has 4 heterocycles. The molecule has 1 aromatic carbocycles. The lowest BCUT2D eigenvalue weighted by Gasteiger charge is -2.38. The Balaban J connectivity index is 1.18. The van der Waals surface area contributed by atoms with E-state index >= 15 is 0 Å². The summed E-state index contributed by atoms with van der Waals surface area (Å²) in [6.07, 6.45) is 5.14. The van der Waals surface area contributed by atoms with Crippen molar-refractivity contribution in [2.24, 2.45) is 0 Å². The lowest BCUT2D eigenvalue weighted by atomic mass is 9.92. The van der Waals surface area contributed by atoms with Gasteiger partial charge in [-0.1, -0.05) is 43.5 Å². The number of amides is 4. The topological polar surface area (TPSA) is 107 Å². The monoisotopic (exact) mass is 702 g/mol. The third kappa shape index (κ3) is 8.12. The lowest BCUT2D eigenvalue weighted by Crippen LogP contribution is -2.56. The molecule has 0 atom stereocenters. The standard InChI is InChI=1S/C38H50N6O5S/c1-5-44(27-12-7-6-8-13-27)36(47)34-28-14-9-10-15-30(28)39-35(31-16-11-23-50-31)29(34)24-40-17-18-43(32(45)25-40)26-33(46)41-19-21-42(22-20-41)37(48)49-38(2,3)4/h9-11,14-16,23,27H,5-8,12-13,17-22,24-26H2,1-4H3. The molecule has 1 saturated carbocycles. The summed E-state index contributed by atoms with van der Waals surface area (Å²) >= 11 is 1.60. The van der Waals surface area contributed by atoms with E-state index in [1.807, 2.05) is 62.5 Å². The SMILES string of the molecule is CCN(C(=O)c1c(CN2CCN(CC(=O)N3CCN(C(=O)OC(C)(C)C)CC3)C(=O)C2)c(-c2cccs2)nc2ccccc12)C1CCCCC1. The van der Waals surface area contributed by atoms with Gasteiger partial charge in [0.15, 0.2) is 0 Å². The minimum atomic E-state index is -0.579. The number of aromatic nitrogens is 1. The van der Waals surface area contributed by atoms with Crippen molar-refractivity contribution in [1.82, 2.24) is 29.5 Å². The number of carbonyl (C=O) groups excluding carboxylic acids is 4. The molecule has 3 aliphatic rings. The summed E-state index contributed by atoms with van der Waals surface area (Å²) in [4.78, 5) is 69.2. The zero-order valence-corrected chi connectivity index (χ0v) is 30.7. The van der Waals surface area contributed by atoms with E-state index in [-0.39, 0.29) is 42.9 Å². The van der Waals surface area contributed by atoms with Gasteiger partial charge in [0.05, 0.1) is 34.7 Å². The van der Waals surface area contributed by atoms with Gasteiger partial charge < -0.3 is 24.3 Å². The van der Waals surface area contributed by atoms with Crippen LogP contribution in [0.4, 0.5) is 4.79 Å². The van der Waals surface area contributed by atoms with Crippen LogP contribution < -0.4 is 0 Å². The molecule has 268 valence electrons. The average Bonchev–Trinajstić information content (AvgIpc) is 3.64. The van der Waals surface area contributed by atoms with E-state index < -0.39 is 5.60 Å².